The van der Waals surface area contributed by atoms with Gasteiger partial charge in [0.05, 0.1) is 4.90 Å². The van der Waals surface area contributed by atoms with Gasteiger partial charge < -0.3 is 5.32 Å². The van der Waals surface area contributed by atoms with Gasteiger partial charge in [-0.3, -0.25) is 0 Å². The normalized spacial score (nSPS) is 10.4. The Balaban J connectivity index is 2.11. The fourth-order valence-electron chi connectivity index (χ4n) is 1.42. The zero-order valence-corrected chi connectivity index (χ0v) is 12.0. The van der Waals surface area contributed by atoms with Crippen molar-refractivity contribution in [2.75, 3.05) is 11.6 Å². The molecule has 2 aromatic rings. The van der Waals surface area contributed by atoms with Crippen LogP contribution in [0.15, 0.2) is 35.2 Å². The third kappa shape index (κ3) is 3.28. The van der Waals surface area contributed by atoms with E-state index in [1.807, 2.05) is 36.6 Å². The van der Waals surface area contributed by atoms with Crippen molar-refractivity contribution in [2.45, 2.75) is 11.4 Å². The molecule has 0 aliphatic carbocycles. The van der Waals surface area contributed by atoms with Crippen molar-refractivity contribution >= 4 is 40.9 Å². The van der Waals surface area contributed by atoms with Crippen molar-refractivity contribution in [1.82, 2.24) is 9.97 Å². The first kappa shape index (κ1) is 13.5. The van der Waals surface area contributed by atoms with Crippen LogP contribution in [0.3, 0.4) is 0 Å². The molecule has 6 heteroatoms. The molecule has 0 spiro atoms. The summed E-state index contributed by atoms with van der Waals surface area (Å²) in [5.74, 6) is 0.437. The minimum absolute atomic E-state index is 0.373. The Morgan fingerprint density at radius 3 is 2.28 bits per heavy atom. The Bertz CT molecular complexity index is 511. The van der Waals surface area contributed by atoms with Crippen molar-refractivity contribution in [3.63, 3.8) is 0 Å². The molecule has 0 radical (unpaired) electrons. The van der Waals surface area contributed by atoms with Gasteiger partial charge in [0, 0.05) is 6.54 Å². The first-order valence-corrected chi connectivity index (χ1v) is 7.23. The lowest BCUT2D eigenvalue weighted by molar-refractivity contribution is 1.03. The molecule has 0 amide bonds. The monoisotopic (exact) mass is 299 g/mol. The van der Waals surface area contributed by atoms with Crippen molar-refractivity contribution in [3.8, 4) is 0 Å². The van der Waals surface area contributed by atoms with E-state index in [-0.39, 0.29) is 0 Å². The van der Waals surface area contributed by atoms with Gasteiger partial charge in [-0.25, -0.2) is 0 Å². The maximum atomic E-state index is 6.02. The SMILES string of the molecule is CSc1c(Cl)nc(NCc2ccccc2)nc1Cl. The Kier molecular flexibility index (Phi) is 4.69. The predicted octanol–water partition coefficient (Wildman–Crippen LogP) is 4.12. The van der Waals surface area contributed by atoms with Crippen LogP contribution in [-0.4, -0.2) is 16.2 Å². The van der Waals surface area contributed by atoms with E-state index < -0.39 is 0 Å². The van der Waals surface area contributed by atoms with Crippen molar-refractivity contribution in [2.24, 2.45) is 0 Å². The smallest absolute Gasteiger partial charge is 0.225 e. The molecule has 18 heavy (non-hydrogen) atoms. The van der Waals surface area contributed by atoms with Crippen LogP contribution in [0.4, 0.5) is 5.95 Å². The predicted molar refractivity (Wildman–Crippen MR) is 77.6 cm³/mol. The van der Waals surface area contributed by atoms with Crippen LogP contribution >= 0.6 is 35.0 Å². The van der Waals surface area contributed by atoms with Crippen LogP contribution in [-0.2, 0) is 6.54 Å². The van der Waals surface area contributed by atoms with Gasteiger partial charge in [0.2, 0.25) is 5.95 Å². The lowest BCUT2D eigenvalue weighted by Gasteiger charge is -2.08. The van der Waals surface area contributed by atoms with Crippen molar-refractivity contribution in [3.05, 3.63) is 46.2 Å². The van der Waals surface area contributed by atoms with Gasteiger partial charge in [0.25, 0.3) is 0 Å². The van der Waals surface area contributed by atoms with Gasteiger partial charge in [-0.05, 0) is 11.8 Å². The maximum Gasteiger partial charge on any atom is 0.225 e. The second-order valence-electron chi connectivity index (χ2n) is 3.50. The van der Waals surface area contributed by atoms with Gasteiger partial charge >= 0.3 is 0 Å². The average molecular weight is 300 g/mol. The third-order valence-corrected chi connectivity index (χ3v) is 3.85. The van der Waals surface area contributed by atoms with Gasteiger partial charge in [0.1, 0.15) is 10.3 Å². The summed E-state index contributed by atoms with van der Waals surface area (Å²) < 4.78 is 0. The molecular weight excluding hydrogens is 289 g/mol. The van der Waals surface area contributed by atoms with E-state index in [4.69, 9.17) is 23.2 Å². The third-order valence-electron chi connectivity index (χ3n) is 2.28. The summed E-state index contributed by atoms with van der Waals surface area (Å²) in [4.78, 5) is 9.01. The Hall–Kier alpha value is -0.970. The first-order valence-electron chi connectivity index (χ1n) is 5.25. The number of rotatable bonds is 4. The summed E-state index contributed by atoms with van der Waals surface area (Å²) >= 11 is 13.5. The molecular formula is C12H11Cl2N3S. The molecule has 0 saturated heterocycles. The number of nitrogens with one attached hydrogen (secondary N) is 1. The fourth-order valence-corrected chi connectivity index (χ4v) is 2.70. The van der Waals surface area contributed by atoms with Crippen molar-refractivity contribution < 1.29 is 0 Å². The van der Waals surface area contributed by atoms with Crippen LogP contribution < -0.4 is 5.32 Å². The van der Waals surface area contributed by atoms with Gasteiger partial charge in [0.15, 0.2) is 0 Å². The number of thioether (sulfide) groups is 1. The van der Waals surface area contributed by atoms with Crippen LogP contribution in [0.2, 0.25) is 10.3 Å². The summed E-state index contributed by atoms with van der Waals surface area (Å²) in [7, 11) is 0. The summed E-state index contributed by atoms with van der Waals surface area (Å²) in [6.07, 6.45) is 1.88. The second-order valence-corrected chi connectivity index (χ2v) is 5.03. The Labute approximate surface area is 120 Å². The van der Waals surface area contributed by atoms with Crippen LogP contribution in [0.5, 0.6) is 0 Å². The number of hydrogen-bond donors (Lipinski definition) is 1. The van der Waals surface area contributed by atoms with Crippen LogP contribution in [0, 0.1) is 0 Å². The molecule has 0 fully saturated rings. The summed E-state index contributed by atoms with van der Waals surface area (Å²) in [6.45, 7) is 0.631. The quantitative estimate of drug-likeness (QED) is 0.681. The minimum atomic E-state index is 0.373. The van der Waals surface area contributed by atoms with Gasteiger partial charge in [-0.2, -0.15) is 9.97 Å². The fraction of sp³-hybridized carbons (Fsp3) is 0.167. The van der Waals surface area contributed by atoms with E-state index >= 15 is 0 Å². The lowest BCUT2D eigenvalue weighted by Crippen LogP contribution is -2.04. The zero-order chi connectivity index (χ0) is 13.0. The summed E-state index contributed by atoms with van der Waals surface area (Å²) in [5.41, 5.74) is 1.14. The molecule has 0 saturated carbocycles. The van der Waals surface area contributed by atoms with E-state index in [1.165, 1.54) is 11.8 Å². The van der Waals surface area contributed by atoms with Crippen LogP contribution in [0.25, 0.3) is 0 Å². The van der Waals surface area contributed by atoms with E-state index in [2.05, 4.69) is 15.3 Å². The number of halogens is 2. The van der Waals surface area contributed by atoms with Gasteiger partial charge in [-0.1, -0.05) is 53.5 Å². The molecule has 1 aromatic heterocycles. The molecule has 3 nitrogen and oxygen atoms in total. The molecule has 0 atom stereocenters. The first-order chi connectivity index (χ1) is 8.70. The topological polar surface area (TPSA) is 37.8 Å². The number of benzene rings is 1. The van der Waals surface area contributed by atoms with E-state index in [0.29, 0.717) is 27.7 Å². The largest absolute Gasteiger partial charge is 0.350 e. The molecule has 0 bridgehead atoms. The van der Waals surface area contributed by atoms with Crippen molar-refractivity contribution in [1.29, 1.82) is 0 Å². The van der Waals surface area contributed by atoms with E-state index in [1.54, 1.807) is 0 Å². The van der Waals surface area contributed by atoms with Crippen LogP contribution in [0.1, 0.15) is 5.56 Å². The highest BCUT2D eigenvalue weighted by molar-refractivity contribution is 7.98. The number of nitrogens with zero attached hydrogens (tertiary/aromatic N) is 2. The number of aromatic nitrogens is 2. The maximum absolute atomic E-state index is 6.02. The molecule has 94 valence electrons. The number of anilines is 1. The Morgan fingerprint density at radius 1 is 1.11 bits per heavy atom. The number of hydrogen-bond acceptors (Lipinski definition) is 4. The summed E-state index contributed by atoms with van der Waals surface area (Å²) in [6, 6.07) is 9.98. The molecule has 0 aliphatic heterocycles. The summed E-state index contributed by atoms with van der Waals surface area (Å²) in [5, 5.41) is 3.84. The molecule has 0 aliphatic rings. The molecule has 1 heterocycles. The minimum Gasteiger partial charge on any atom is -0.350 e. The molecule has 1 N–H and O–H groups in total. The van der Waals surface area contributed by atoms with E-state index in [0.717, 1.165) is 5.56 Å². The Morgan fingerprint density at radius 2 is 1.72 bits per heavy atom. The lowest BCUT2D eigenvalue weighted by atomic mass is 10.2. The average Bonchev–Trinajstić information content (AvgIpc) is 2.37. The standard InChI is InChI=1S/C12H11Cl2N3S/c1-18-9-10(13)16-12(17-11(9)14)15-7-8-5-3-2-4-6-8/h2-6H,7H2,1H3,(H,15,16,17). The van der Waals surface area contributed by atoms with Gasteiger partial charge in [-0.15, -0.1) is 11.8 Å². The zero-order valence-electron chi connectivity index (χ0n) is 9.65. The highest BCUT2D eigenvalue weighted by atomic mass is 35.5. The highest BCUT2D eigenvalue weighted by Gasteiger charge is 2.10. The second kappa shape index (κ2) is 6.27. The molecule has 2 rings (SSSR count). The highest BCUT2D eigenvalue weighted by Crippen LogP contribution is 2.30. The molecule has 1 aromatic carbocycles. The van der Waals surface area contributed by atoms with E-state index in [9.17, 15) is 0 Å². The molecule has 0 unspecified atom stereocenters.